The van der Waals surface area contributed by atoms with E-state index in [-0.39, 0.29) is 17.2 Å². The predicted molar refractivity (Wildman–Crippen MR) is 154 cm³/mol. The number of hydrogen-bond acceptors (Lipinski definition) is 6. The maximum Gasteiger partial charge on any atom is 0.259 e. The van der Waals surface area contributed by atoms with Crippen molar-refractivity contribution < 1.29 is 9.84 Å². The fourth-order valence-corrected chi connectivity index (χ4v) is 6.36. The highest BCUT2D eigenvalue weighted by Crippen LogP contribution is 2.40. The molecule has 8 heteroatoms. The molecule has 2 aromatic heterocycles. The standard InChI is InChI=1S/C32H37N5O3/c1-4-8-29-28(18-23-11-12-27(25(17-23)20-33)24-9-6-5-7-10-24)30(39)36(31-34-21-35-37(29)31)26-13-15-32(40-3,16-14-26)19-22(2)38/h5-7,9-12,17,21-22,26,38H,4,8,13-16,18-19H2,1-3H3. The number of nitrogens with zero attached hydrogens (tertiary/aromatic N) is 5. The quantitative estimate of drug-likeness (QED) is 0.312. The second kappa shape index (κ2) is 11.7. The van der Waals surface area contributed by atoms with E-state index < -0.39 is 6.10 Å². The van der Waals surface area contributed by atoms with Gasteiger partial charge in [0, 0.05) is 31.6 Å². The molecule has 1 atom stereocenters. The van der Waals surface area contributed by atoms with E-state index in [1.807, 2.05) is 57.6 Å². The van der Waals surface area contributed by atoms with Gasteiger partial charge in [-0.15, -0.1) is 0 Å². The maximum absolute atomic E-state index is 14.3. The lowest BCUT2D eigenvalue weighted by Gasteiger charge is -2.40. The number of benzene rings is 2. The second-order valence-electron chi connectivity index (χ2n) is 11.0. The van der Waals surface area contributed by atoms with Gasteiger partial charge in [0.1, 0.15) is 6.33 Å². The van der Waals surface area contributed by atoms with Crippen molar-refractivity contribution in [2.75, 3.05) is 7.11 Å². The van der Waals surface area contributed by atoms with Gasteiger partial charge in [-0.25, -0.2) is 4.52 Å². The Morgan fingerprint density at radius 1 is 1.20 bits per heavy atom. The van der Waals surface area contributed by atoms with Crippen LogP contribution in [0.5, 0.6) is 0 Å². The van der Waals surface area contributed by atoms with Crippen molar-refractivity contribution in [3.63, 3.8) is 0 Å². The molecule has 4 aromatic rings. The van der Waals surface area contributed by atoms with Crippen LogP contribution in [0.1, 0.15) is 80.8 Å². The third kappa shape index (κ3) is 5.32. The van der Waals surface area contributed by atoms with Crippen LogP contribution in [0.4, 0.5) is 0 Å². The van der Waals surface area contributed by atoms with E-state index in [9.17, 15) is 15.2 Å². The van der Waals surface area contributed by atoms with Crippen molar-refractivity contribution in [1.29, 1.82) is 5.26 Å². The van der Waals surface area contributed by atoms with Crippen LogP contribution in [0.25, 0.3) is 16.9 Å². The van der Waals surface area contributed by atoms with Crippen LogP contribution in [0.3, 0.4) is 0 Å². The number of fused-ring (bicyclic) bond motifs is 1. The van der Waals surface area contributed by atoms with Crippen molar-refractivity contribution in [1.82, 2.24) is 19.2 Å². The molecular formula is C32H37N5O3. The zero-order valence-electron chi connectivity index (χ0n) is 23.5. The van der Waals surface area contributed by atoms with Gasteiger partial charge in [0.2, 0.25) is 5.78 Å². The minimum Gasteiger partial charge on any atom is -0.393 e. The predicted octanol–water partition coefficient (Wildman–Crippen LogP) is 5.24. The van der Waals surface area contributed by atoms with Crippen LogP contribution in [0, 0.1) is 11.3 Å². The first-order valence-electron chi connectivity index (χ1n) is 14.2. The van der Waals surface area contributed by atoms with Crippen LogP contribution in [-0.2, 0) is 17.6 Å². The van der Waals surface area contributed by atoms with Crippen LogP contribution < -0.4 is 5.56 Å². The van der Waals surface area contributed by atoms with E-state index in [4.69, 9.17) is 4.74 Å². The topological polar surface area (TPSA) is 105 Å². The van der Waals surface area contributed by atoms with Gasteiger partial charge in [-0.1, -0.05) is 55.8 Å². The second-order valence-corrected chi connectivity index (χ2v) is 11.0. The largest absolute Gasteiger partial charge is 0.393 e. The van der Waals surface area contributed by atoms with Crippen LogP contribution >= 0.6 is 0 Å². The SMILES string of the molecule is CCCc1c(Cc2ccc(-c3ccccc3)c(C#N)c2)c(=O)n(C2CCC(CC(C)O)(OC)CC2)c2ncnn12. The Morgan fingerprint density at radius 2 is 1.95 bits per heavy atom. The Kier molecular flexibility index (Phi) is 8.15. The summed E-state index contributed by atoms with van der Waals surface area (Å²) in [6, 6.07) is 18.1. The molecule has 1 aliphatic rings. The smallest absolute Gasteiger partial charge is 0.259 e. The molecule has 0 spiro atoms. The summed E-state index contributed by atoms with van der Waals surface area (Å²) in [7, 11) is 1.71. The average molecular weight is 540 g/mol. The third-order valence-corrected chi connectivity index (χ3v) is 8.32. The number of rotatable bonds is 9. The fourth-order valence-electron chi connectivity index (χ4n) is 6.36. The van der Waals surface area contributed by atoms with Crippen LogP contribution in [0.15, 0.2) is 59.7 Å². The molecule has 0 aliphatic heterocycles. The van der Waals surface area contributed by atoms with E-state index in [1.54, 1.807) is 14.0 Å². The Labute approximate surface area is 234 Å². The highest BCUT2D eigenvalue weighted by molar-refractivity contribution is 5.71. The summed E-state index contributed by atoms with van der Waals surface area (Å²) in [4.78, 5) is 18.8. The zero-order valence-corrected chi connectivity index (χ0v) is 23.5. The lowest BCUT2D eigenvalue weighted by atomic mass is 9.78. The summed E-state index contributed by atoms with van der Waals surface area (Å²) in [6.45, 7) is 3.88. The molecule has 1 N–H and O–H groups in total. The summed E-state index contributed by atoms with van der Waals surface area (Å²) in [5.41, 5.74) is 4.52. The molecule has 0 bridgehead atoms. The number of aliphatic hydroxyl groups excluding tert-OH is 1. The average Bonchev–Trinajstić information content (AvgIpc) is 3.45. The van der Waals surface area contributed by atoms with E-state index in [0.717, 1.165) is 54.5 Å². The molecule has 208 valence electrons. The molecule has 1 saturated carbocycles. The summed E-state index contributed by atoms with van der Waals surface area (Å²) < 4.78 is 9.54. The number of hydrogen-bond donors (Lipinski definition) is 1. The molecule has 5 rings (SSSR count). The fraction of sp³-hybridized carbons (Fsp3) is 0.438. The summed E-state index contributed by atoms with van der Waals surface area (Å²) in [5.74, 6) is 0.569. The van der Waals surface area contributed by atoms with Crippen molar-refractivity contribution in [3.8, 4) is 17.2 Å². The Hall–Kier alpha value is -3.80. The van der Waals surface area contributed by atoms with Gasteiger partial charge in [0.15, 0.2) is 0 Å². The van der Waals surface area contributed by atoms with Crippen LogP contribution in [0.2, 0.25) is 0 Å². The number of methoxy groups -OCH3 is 1. The van der Waals surface area contributed by atoms with E-state index in [0.29, 0.717) is 36.2 Å². The molecule has 0 radical (unpaired) electrons. The minimum atomic E-state index is -0.450. The summed E-state index contributed by atoms with van der Waals surface area (Å²) in [5, 5.41) is 24.5. The number of ether oxygens (including phenoxy) is 1. The van der Waals surface area contributed by atoms with Gasteiger partial charge in [-0.05, 0) is 61.8 Å². The van der Waals surface area contributed by atoms with Crippen molar-refractivity contribution in [3.05, 3.63) is 87.6 Å². The van der Waals surface area contributed by atoms with E-state index in [1.165, 1.54) is 6.33 Å². The zero-order chi connectivity index (χ0) is 28.3. The van der Waals surface area contributed by atoms with Crippen LogP contribution in [-0.4, -0.2) is 43.1 Å². The molecular weight excluding hydrogens is 502 g/mol. The lowest BCUT2D eigenvalue weighted by molar-refractivity contribution is -0.0744. The minimum absolute atomic E-state index is 0.0407. The number of aromatic nitrogens is 4. The highest BCUT2D eigenvalue weighted by atomic mass is 16.5. The van der Waals surface area contributed by atoms with E-state index in [2.05, 4.69) is 23.1 Å². The highest BCUT2D eigenvalue weighted by Gasteiger charge is 2.38. The summed E-state index contributed by atoms with van der Waals surface area (Å²) in [6.07, 6.45) is 6.62. The van der Waals surface area contributed by atoms with Gasteiger partial charge in [0.05, 0.1) is 29.0 Å². The molecule has 1 fully saturated rings. The lowest BCUT2D eigenvalue weighted by Crippen LogP contribution is -2.41. The number of aryl methyl sites for hydroxylation is 1. The van der Waals surface area contributed by atoms with Gasteiger partial charge in [-0.3, -0.25) is 9.36 Å². The Morgan fingerprint density at radius 3 is 2.60 bits per heavy atom. The molecule has 0 saturated heterocycles. The van der Waals surface area contributed by atoms with Crippen molar-refractivity contribution in [2.45, 2.75) is 83.0 Å². The van der Waals surface area contributed by atoms with Gasteiger partial charge >= 0.3 is 0 Å². The maximum atomic E-state index is 14.3. The van der Waals surface area contributed by atoms with E-state index >= 15 is 0 Å². The molecule has 2 aromatic carbocycles. The molecule has 2 heterocycles. The summed E-state index contributed by atoms with van der Waals surface area (Å²) >= 11 is 0. The Bertz CT molecular complexity index is 1570. The number of nitriles is 1. The molecule has 40 heavy (non-hydrogen) atoms. The Balaban J connectivity index is 1.55. The first-order chi connectivity index (χ1) is 19.4. The third-order valence-electron chi connectivity index (χ3n) is 8.32. The van der Waals surface area contributed by atoms with Gasteiger partial charge in [0.25, 0.3) is 5.56 Å². The molecule has 0 amide bonds. The molecule has 8 nitrogen and oxygen atoms in total. The monoisotopic (exact) mass is 539 g/mol. The first kappa shape index (κ1) is 27.8. The number of aliphatic hydroxyl groups is 1. The van der Waals surface area contributed by atoms with Gasteiger partial charge in [-0.2, -0.15) is 15.3 Å². The first-order valence-corrected chi connectivity index (χ1v) is 14.2. The normalized spacial score (nSPS) is 19.9. The van der Waals surface area contributed by atoms with Gasteiger partial charge < -0.3 is 9.84 Å². The van der Waals surface area contributed by atoms with Crippen molar-refractivity contribution >= 4 is 5.78 Å². The molecule has 1 aliphatic carbocycles. The molecule has 1 unspecified atom stereocenters. The van der Waals surface area contributed by atoms with Crippen molar-refractivity contribution in [2.24, 2.45) is 0 Å².